The number of hydrogen-bond acceptors (Lipinski definition) is 7. The summed E-state index contributed by atoms with van der Waals surface area (Å²) in [7, 11) is 0. The van der Waals surface area contributed by atoms with Crippen LogP contribution in [0.25, 0.3) is 5.69 Å². The zero-order valence-corrected chi connectivity index (χ0v) is 24.1. The summed E-state index contributed by atoms with van der Waals surface area (Å²) in [5.74, 6) is -2.88. The van der Waals surface area contributed by atoms with E-state index in [1.54, 1.807) is 6.07 Å². The van der Waals surface area contributed by atoms with E-state index in [4.69, 9.17) is 11.6 Å². The number of fused-ring (bicyclic) bond motifs is 1. The Labute approximate surface area is 256 Å². The quantitative estimate of drug-likeness (QED) is 0.293. The number of nitrogens with one attached hydrogen (secondary N) is 1. The fraction of sp³-hybridized carbons (Fsp3) is 0.258. The number of benzene rings is 3. The molecule has 1 aromatic heterocycles. The number of hydrogen-bond donors (Lipinski definition) is 3. The van der Waals surface area contributed by atoms with E-state index in [9.17, 15) is 29.0 Å². The van der Waals surface area contributed by atoms with Crippen molar-refractivity contribution in [3.8, 4) is 5.69 Å². The Bertz CT molecular complexity index is 1740. The average Bonchev–Trinajstić information content (AvgIpc) is 3.52. The SMILES string of the molecule is O=C(O)c1ccc(NC(=O)[C@@H]2c3cccc(N4CCC(O)CC4)c3CCN2C(=O)c2cn(-c3cccc(Cl)c3F)nn2)cc1. The number of aromatic nitrogens is 3. The molecular weight excluding hydrogens is 591 g/mol. The summed E-state index contributed by atoms with van der Waals surface area (Å²) in [5, 5.41) is 29.9. The highest BCUT2D eigenvalue weighted by molar-refractivity contribution is 6.30. The zero-order valence-electron chi connectivity index (χ0n) is 23.4. The molecule has 3 aromatic carbocycles. The molecule has 11 nitrogen and oxygen atoms in total. The molecule has 226 valence electrons. The van der Waals surface area contributed by atoms with Gasteiger partial charge in [0, 0.05) is 31.0 Å². The summed E-state index contributed by atoms with van der Waals surface area (Å²) < 4.78 is 15.8. The predicted octanol–water partition coefficient (Wildman–Crippen LogP) is 4.10. The molecule has 0 unspecified atom stereocenters. The van der Waals surface area contributed by atoms with Gasteiger partial charge in [-0.15, -0.1) is 5.10 Å². The molecule has 1 fully saturated rings. The monoisotopic (exact) mass is 618 g/mol. The molecule has 3 heterocycles. The van der Waals surface area contributed by atoms with Crippen LogP contribution in [0.15, 0.2) is 66.9 Å². The first-order valence-electron chi connectivity index (χ1n) is 14.1. The lowest BCUT2D eigenvalue weighted by atomic mass is 9.89. The molecule has 2 aliphatic rings. The lowest BCUT2D eigenvalue weighted by Gasteiger charge is -2.39. The number of carboxylic acids is 1. The summed E-state index contributed by atoms with van der Waals surface area (Å²) in [5.41, 5.74) is 2.88. The van der Waals surface area contributed by atoms with Crippen LogP contribution >= 0.6 is 11.6 Å². The van der Waals surface area contributed by atoms with Crippen molar-refractivity contribution in [2.45, 2.75) is 31.4 Å². The van der Waals surface area contributed by atoms with Crippen molar-refractivity contribution in [3.63, 3.8) is 0 Å². The van der Waals surface area contributed by atoms with Gasteiger partial charge in [0.2, 0.25) is 0 Å². The third-order valence-electron chi connectivity index (χ3n) is 8.00. The van der Waals surface area contributed by atoms with E-state index in [2.05, 4.69) is 20.5 Å². The largest absolute Gasteiger partial charge is 0.478 e. The Kier molecular flexibility index (Phi) is 8.02. The number of piperidine rings is 1. The van der Waals surface area contributed by atoms with Crippen LogP contribution in [0.3, 0.4) is 0 Å². The van der Waals surface area contributed by atoms with Gasteiger partial charge in [0.15, 0.2) is 11.5 Å². The molecule has 44 heavy (non-hydrogen) atoms. The molecule has 0 spiro atoms. The van der Waals surface area contributed by atoms with E-state index in [0.29, 0.717) is 43.6 Å². The van der Waals surface area contributed by atoms with Gasteiger partial charge in [-0.3, -0.25) is 9.59 Å². The van der Waals surface area contributed by atoms with Crippen LogP contribution in [-0.4, -0.2) is 73.6 Å². The summed E-state index contributed by atoms with van der Waals surface area (Å²) in [6, 6.07) is 14.7. The molecular formula is C31H28ClFN6O5. The number of carboxylic acid groups (broad SMARTS) is 1. The maximum Gasteiger partial charge on any atom is 0.335 e. The van der Waals surface area contributed by atoms with E-state index < -0.39 is 29.6 Å². The van der Waals surface area contributed by atoms with Crippen LogP contribution in [0.2, 0.25) is 5.02 Å². The van der Waals surface area contributed by atoms with Gasteiger partial charge in [-0.2, -0.15) is 0 Å². The number of aromatic carboxylic acids is 1. The molecule has 6 rings (SSSR count). The van der Waals surface area contributed by atoms with Gasteiger partial charge in [-0.05, 0) is 72.9 Å². The molecule has 3 N–H and O–H groups in total. The van der Waals surface area contributed by atoms with Crippen molar-refractivity contribution in [1.82, 2.24) is 19.9 Å². The van der Waals surface area contributed by atoms with Crippen LogP contribution in [0.5, 0.6) is 0 Å². The highest BCUT2D eigenvalue weighted by Gasteiger charge is 2.39. The van der Waals surface area contributed by atoms with Crippen molar-refractivity contribution >= 4 is 40.8 Å². The fourth-order valence-corrected chi connectivity index (χ4v) is 5.93. The van der Waals surface area contributed by atoms with Gasteiger partial charge in [0.1, 0.15) is 11.7 Å². The number of rotatable bonds is 6. The van der Waals surface area contributed by atoms with Crippen LogP contribution in [0.1, 0.15) is 50.9 Å². The molecule has 2 aliphatic heterocycles. The summed E-state index contributed by atoms with van der Waals surface area (Å²) in [6.07, 6.45) is 2.67. The Balaban J connectivity index is 1.35. The molecule has 0 saturated carbocycles. The third kappa shape index (κ3) is 5.61. The lowest BCUT2D eigenvalue weighted by Crippen LogP contribution is -2.46. The first-order chi connectivity index (χ1) is 21.2. The highest BCUT2D eigenvalue weighted by Crippen LogP contribution is 2.38. The lowest BCUT2D eigenvalue weighted by molar-refractivity contribution is -0.121. The van der Waals surface area contributed by atoms with Crippen molar-refractivity contribution < 1.29 is 29.0 Å². The van der Waals surface area contributed by atoms with Gasteiger partial charge in [-0.1, -0.05) is 35.0 Å². The molecule has 1 atom stereocenters. The third-order valence-corrected chi connectivity index (χ3v) is 8.29. The second kappa shape index (κ2) is 12.1. The topological polar surface area (TPSA) is 141 Å². The first kappa shape index (κ1) is 29.3. The number of nitrogens with zero attached hydrogens (tertiary/aromatic N) is 5. The number of halogens is 2. The van der Waals surface area contributed by atoms with E-state index >= 15 is 0 Å². The number of carbonyl (C=O) groups excluding carboxylic acids is 2. The number of aliphatic hydroxyl groups is 1. The van der Waals surface area contributed by atoms with Crippen LogP contribution in [0.4, 0.5) is 15.8 Å². The van der Waals surface area contributed by atoms with Crippen molar-refractivity contribution in [1.29, 1.82) is 0 Å². The van der Waals surface area contributed by atoms with Gasteiger partial charge in [-0.25, -0.2) is 13.9 Å². The maximum absolute atomic E-state index is 14.7. The Morgan fingerprint density at radius 2 is 1.66 bits per heavy atom. The van der Waals surface area contributed by atoms with Crippen molar-refractivity contribution in [2.75, 3.05) is 29.9 Å². The molecule has 2 amide bonds. The molecule has 0 radical (unpaired) electrons. The summed E-state index contributed by atoms with van der Waals surface area (Å²) >= 11 is 5.92. The van der Waals surface area contributed by atoms with E-state index in [-0.39, 0.29) is 34.6 Å². The van der Waals surface area contributed by atoms with E-state index in [0.717, 1.165) is 15.9 Å². The van der Waals surface area contributed by atoms with Gasteiger partial charge < -0.3 is 25.3 Å². The number of carbonyl (C=O) groups is 3. The Hall–Kier alpha value is -4.81. The van der Waals surface area contributed by atoms with Gasteiger partial charge in [0.05, 0.1) is 22.9 Å². The van der Waals surface area contributed by atoms with Gasteiger partial charge in [0.25, 0.3) is 11.8 Å². The Morgan fingerprint density at radius 3 is 2.39 bits per heavy atom. The molecule has 1 saturated heterocycles. The van der Waals surface area contributed by atoms with Crippen molar-refractivity contribution in [2.24, 2.45) is 0 Å². The Morgan fingerprint density at radius 1 is 0.955 bits per heavy atom. The van der Waals surface area contributed by atoms with Gasteiger partial charge >= 0.3 is 5.97 Å². The number of aliphatic hydroxyl groups excluding tert-OH is 1. The van der Waals surface area contributed by atoms with Crippen LogP contribution < -0.4 is 10.2 Å². The summed E-state index contributed by atoms with van der Waals surface area (Å²) in [4.78, 5) is 42.8. The maximum atomic E-state index is 14.7. The predicted molar refractivity (Wildman–Crippen MR) is 160 cm³/mol. The minimum Gasteiger partial charge on any atom is -0.478 e. The van der Waals surface area contributed by atoms with Crippen molar-refractivity contribution in [3.05, 3.63) is 100 Å². The second-order valence-corrected chi connectivity index (χ2v) is 11.1. The highest BCUT2D eigenvalue weighted by atomic mass is 35.5. The molecule has 4 aromatic rings. The van der Waals surface area contributed by atoms with E-state index in [1.165, 1.54) is 47.5 Å². The second-order valence-electron chi connectivity index (χ2n) is 10.7. The first-order valence-corrected chi connectivity index (χ1v) is 14.5. The number of amides is 2. The molecule has 0 bridgehead atoms. The zero-order chi connectivity index (χ0) is 31.0. The molecule has 0 aliphatic carbocycles. The normalized spacial score (nSPS) is 16.8. The van der Waals surface area contributed by atoms with E-state index in [1.807, 2.05) is 18.2 Å². The standard InChI is InChI=1S/C31H28ClFN6O5/c32-23-4-2-6-26(27(23)33)39-17-24(35-36-39)30(42)38-16-13-21-22(3-1-5-25(21)37-14-11-20(40)12-15-37)28(38)29(41)34-19-9-7-18(8-10-19)31(43)44/h1-10,17,20,28,40H,11-16H2,(H,34,41)(H,43,44)/t28-/m0/s1. The van der Waals surface area contributed by atoms with Crippen LogP contribution in [-0.2, 0) is 11.2 Å². The summed E-state index contributed by atoms with van der Waals surface area (Å²) in [6.45, 7) is 1.51. The molecule has 13 heteroatoms. The average molecular weight is 619 g/mol. The van der Waals surface area contributed by atoms with Crippen LogP contribution in [0, 0.1) is 5.82 Å². The smallest absolute Gasteiger partial charge is 0.335 e. The minimum absolute atomic E-state index is 0.0171. The minimum atomic E-state index is -1.09. The fourth-order valence-electron chi connectivity index (χ4n) is 5.76. The number of anilines is 2.